The van der Waals surface area contributed by atoms with Crippen molar-refractivity contribution in [2.24, 2.45) is 0 Å². The van der Waals surface area contributed by atoms with E-state index in [1.54, 1.807) is 0 Å². The third kappa shape index (κ3) is 3.96. The van der Waals surface area contributed by atoms with Crippen LogP contribution in [0.15, 0.2) is 18.2 Å². The zero-order valence-corrected chi connectivity index (χ0v) is 11.8. The predicted octanol–water partition coefficient (Wildman–Crippen LogP) is 1.69. The Balaban J connectivity index is 2.05. The van der Waals surface area contributed by atoms with Crippen molar-refractivity contribution in [1.29, 1.82) is 0 Å². The number of non-ortho nitro benzene ring substituents is 1. The number of nitrogens with one attached hydrogen (secondary N) is 1. The number of nitrogens with zero attached hydrogens (tertiary/aromatic N) is 3. The third-order valence-corrected chi connectivity index (χ3v) is 3.78. The molecule has 0 saturated carbocycles. The number of hydrogen-bond acceptors (Lipinski definition) is 6. The summed E-state index contributed by atoms with van der Waals surface area (Å²) in [6.45, 7) is 2.35. The number of hydrogen-bond donors (Lipinski definition) is 1. The van der Waals surface area contributed by atoms with Crippen LogP contribution >= 0.6 is 0 Å². The smallest absolute Gasteiger partial charge is 0.280 e. The summed E-state index contributed by atoms with van der Waals surface area (Å²) in [5, 5.41) is 25.0. The Hall–Kier alpha value is -2.06. The maximum Gasteiger partial charge on any atom is 0.280 e. The van der Waals surface area contributed by atoms with Crippen LogP contribution in [-0.4, -0.2) is 40.9 Å². The summed E-state index contributed by atoms with van der Waals surface area (Å²) in [5.74, 6) is 0. The van der Waals surface area contributed by atoms with Gasteiger partial charge in [-0.15, -0.1) is 0 Å². The van der Waals surface area contributed by atoms with Crippen molar-refractivity contribution in [1.82, 2.24) is 10.2 Å². The summed E-state index contributed by atoms with van der Waals surface area (Å²) < 4.78 is 0. The van der Waals surface area contributed by atoms with Crippen LogP contribution in [0.3, 0.4) is 0 Å². The summed E-state index contributed by atoms with van der Waals surface area (Å²) in [5.41, 5.74) is 0.0129. The van der Waals surface area contributed by atoms with Crippen LogP contribution < -0.4 is 5.32 Å². The van der Waals surface area contributed by atoms with Crippen LogP contribution in [0.1, 0.15) is 18.4 Å². The minimum atomic E-state index is -0.624. The Bertz CT molecular complexity index is 541. The van der Waals surface area contributed by atoms with Crippen molar-refractivity contribution >= 4 is 11.4 Å². The van der Waals surface area contributed by atoms with Gasteiger partial charge in [0.25, 0.3) is 11.4 Å². The maximum absolute atomic E-state index is 11.0. The van der Waals surface area contributed by atoms with Crippen molar-refractivity contribution in [2.75, 3.05) is 20.1 Å². The molecule has 8 heteroatoms. The fraction of sp³-hybridized carbons (Fsp3) is 0.538. The van der Waals surface area contributed by atoms with Gasteiger partial charge in [0.2, 0.25) is 0 Å². The predicted molar refractivity (Wildman–Crippen MR) is 77.1 cm³/mol. The topological polar surface area (TPSA) is 102 Å². The molecule has 21 heavy (non-hydrogen) atoms. The Labute approximate surface area is 122 Å². The van der Waals surface area contributed by atoms with Crippen molar-refractivity contribution in [3.05, 3.63) is 44.0 Å². The van der Waals surface area contributed by atoms with Gasteiger partial charge in [0, 0.05) is 24.2 Å². The lowest BCUT2D eigenvalue weighted by Gasteiger charge is -2.29. The first-order chi connectivity index (χ1) is 9.97. The number of likely N-dealkylation sites (tertiary alicyclic amines) is 1. The third-order valence-electron chi connectivity index (χ3n) is 3.78. The van der Waals surface area contributed by atoms with Gasteiger partial charge >= 0.3 is 0 Å². The molecule has 0 atom stereocenters. The summed E-state index contributed by atoms with van der Waals surface area (Å²) in [4.78, 5) is 22.8. The van der Waals surface area contributed by atoms with Crippen LogP contribution in [0.4, 0.5) is 11.4 Å². The molecule has 8 nitrogen and oxygen atoms in total. The molecule has 1 aliphatic rings. The fourth-order valence-electron chi connectivity index (χ4n) is 2.45. The molecule has 0 aromatic heterocycles. The Kier molecular flexibility index (Phi) is 4.81. The number of nitro groups is 2. The second-order valence-corrected chi connectivity index (χ2v) is 5.29. The first-order valence-electron chi connectivity index (χ1n) is 6.81. The van der Waals surface area contributed by atoms with Crippen molar-refractivity contribution in [3.63, 3.8) is 0 Å². The second kappa shape index (κ2) is 6.59. The first kappa shape index (κ1) is 15.3. The van der Waals surface area contributed by atoms with Crippen molar-refractivity contribution in [2.45, 2.75) is 25.4 Å². The van der Waals surface area contributed by atoms with E-state index in [9.17, 15) is 20.2 Å². The van der Waals surface area contributed by atoms with E-state index in [1.807, 2.05) is 0 Å². The van der Waals surface area contributed by atoms with Gasteiger partial charge in [-0.2, -0.15) is 0 Å². The molecule has 1 saturated heterocycles. The monoisotopic (exact) mass is 294 g/mol. The molecule has 0 amide bonds. The van der Waals surface area contributed by atoms with E-state index in [2.05, 4.69) is 17.3 Å². The molecule has 0 radical (unpaired) electrons. The highest BCUT2D eigenvalue weighted by atomic mass is 16.6. The van der Waals surface area contributed by atoms with Gasteiger partial charge in [-0.1, -0.05) is 0 Å². The van der Waals surface area contributed by atoms with Gasteiger partial charge in [0.1, 0.15) is 0 Å². The lowest BCUT2D eigenvalue weighted by molar-refractivity contribution is -0.394. The van der Waals surface area contributed by atoms with E-state index in [0.29, 0.717) is 18.2 Å². The van der Waals surface area contributed by atoms with Crippen LogP contribution in [0.25, 0.3) is 0 Å². The summed E-state index contributed by atoms with van der Waals surface area (Å²) >= 11 is 0. The van der Waals surface area contributed by atoms with Gasteiger partial charge in [0.15, 0.2) is 0 Å². The largest absolute Gasteiger partial charge is 0.310 e. The van der Waals surface area contributed by atoms with Gasteiger partial charge in [-0.05, 0) is 39.0 Å². The standard InChI is InChI=1S/C13H18N4O4/c1-15-6-4-11(5-7-15)14-9-10-2-3-12(16(18)19)8-13(10)17(20)21/h2-3,8,11,14H,4-7,9H2,1H3. The zero-order valence-electron chi connectivity index (χ0n) is 11.8. The molecule has 114 valence electrons. The molecular formula is C13H18N4O4. The van der Waals surface area contributed by atoms with Crippen molar-refractivity contribution in [3.8, 4) is 0 Å². The van der Waals surface area contributed by atoms with E-state index < -0.39 is 9.85 Å². The lowest BCUT2D eigenvalue weighted by atomic mass is 10.0. The molecule has 1 heterocycles. The quantitative estimate of drug-likeness (QED) is 0.655. The summed E-state index contributed by atoms with van der Waals surface area (Å²) in [7, 11) is 2.07. The van der Waals surface area contributed by atoms with E-state index in [-0.39, 0.29) is 11.4 Å². The van der Waals surface area contributed by atoms with E-state index in [0.717, 1.165) is 32.0 Å². The zero-order chi connectivity index (χ0) is 15.4. The highest BCUT2D eigenvalue weighted by Crippen LogP contribution is 2.24. The fourth-order valence-corrected chi connectivity index (χ4v) is 2.45. The molecule has 0 bridgehead atoms. The van der Waals surface area contributed by atoms with E-state index >= 15 is 0 Å². The summed E-state index contributed by atoms with van der Waals surface area (Å²) in [6.07, 6.45) is 1.99. The van der Waals surface area contributed by atoms with Gasteiger partial charge < -0.3 is 10.2 Å². The minimum absolute atomic E-state index is 0.204. The number of piperidine rings is 1. The Morgan fingerprint density at radius 3 is 2.48 bits per heavy atom. The van der Waals surface area contributed by atoms with Crippen LogP contribution in [0, 0.1) is 20.2 Å². The summed E-state index contributed by atoms with van der Waals surface area (Å²) in [6, 6.07) is 4.11. The molecule has 0 spiro atoms. The first-order valence-corrected chi connectivity index (χ1v) is 6.81. The number of benzene rings is 1. The molecule has 1 N–H and O–H groups in total. The van der Waals surface area contributed by atoms with Gasteiger partial charge in [0.05, 0.1) is 15.9 Å². The lowest BCUT2D eigenvalue weighted by Crippen LogP contribution is -2.40. The van der Waals surface area contributed by atoms with Gasteiger partial charge in [-0.25, -0.2) is 0 Å². The second-order valence-electron chi connectivity index (χ2n) is 5.29. The Morgan fingerprint density at radius 2 is 1.90 bits per heavy atom. The molecule has 1 aromatic rings. The highest BCUT2D eigenvalue weighted by molar-refractivity contribution is 5.49. The molecule has 2 rings (SSSR count). The molecule has 0 unspecified atom stereocenters. The average molecular weight is 294 g/mol. The molecule has 1 aromatic carbocycles. The minimum Gasteiger partial charge on any atom is -0.310 e. The van der Waals surface area contributed by atoms with Gasteiger partial charge in [-0.3, -0.25) is 20.2 Å². The normalized spacial score (nSPS) is 16.8. The SMILES string of the molecule is CN1CCC(NCc2ccc([N+](=O)[O-])cc2[N+](=O)[O-])CC1. The highest BCUT2D eigenvalue weighted by Gasteiger charge is 2.21. The van der Waals surface area contributed by atoms with Crippen LogP contribution in [0.2, 0.25) is 0 Å². The van der Waals surface area contributed by atoms with Crippen LogP contribution in [-0.2, 0) is 6.54 Å². The van der Waals surface area contributed by atoms with E-state index in [4.69, 9.17) is 0 Å². The molecular weight excluding hydrogens is 276 g/mol. The average Bonchev–Trinajstić information content (AvgIpc) is 2.46. The maximum atomic E-state index is 11.0. The number of nitro benzene ring substituents is 2. The number of rotatable bonds is 5. The molecule has 0 aliphatic carbocycles. The Morgan fingerprint density at radius 1 is 1.24 bits per heavy atom. The van der Waals surface area contributed by atoms with E-state index in [1.165, 1.54) is 12.1 Å². The molecule has 1 aliphatic heterocycles. The van der Waals surface area contributed by atoms with Crippen LogP contribution in [0.5, 0.6) is 0 Å². The molecule has 1 fully saturated rings. The van der Waals surface area contributed by atoms with Crippen molar-refractivity contribution < 1.29 is 9.85 Å².